The monoisotopic (exact) mass is 458 g/mol. The number of aromatic nitrogens is 4. The molecule has 2 aromatic carbocycles. The van der Waals surface area contributed by atoms with Gasteiger partial charge in [0.2, 0.25) is 17.6 Å². The van der Waals surface area contributed by atoms with Crippen molar-refractivity contribution in [2.75, 3.05) is 13.2 Å². The second-order valence-electron chi connectivity index (χ2n) is 7.33. The Hall–Kier alpha value is -3.73. The molecule has 3 aromatic rings. The van der Waals surface area contributed by atoms with Gasteiger partial charge in [-0.25, -0.2) is 8.78 Å². The van der Waals surface area contributed by atoms with Gasteiger partial charge in [-0.1, -0.05) is 12.1 Å². The highest BCUT2D eigenvalue weighted by Crippen LogP contribution is 2.14. The fourth-order valence-electron chi connectivity index (χ4n) is 3.09. The molecule has 0 bridgehead atoms. The number of carbonyl (C=O) groups excluding carboxylic acids is 2. The van der Waals surface area contributed by atoms with Crippen LogP contribution in [0.25, 0.3) is 11.4 Å². The van der Waals surface area contributed by atoms with Gasteiger partial charge >= 0.3 is 0 Å². The van der Waals surface area contributed by atoms with Crippen LogP contribution in [0.4, 0.5) is 8.78 Å². The molecule has 0 saturated carbocycles. The molecular weight excluding hydrogens is 434 g/mol. The van der Waals surface area contributed by atoms with Crippen molar-refractivity contribution in [3.8, 4) is 11.4 Å². The van der Waals surface area contributed by atoms with E-state index in [2.05, 4.69) is 20.7 Å². The zero-order valence-electron chi connectivity index (χ0n) is 18.0. The summed E-state index contributed by atoms with van der Waals surface area (Å²) in [5.74, 6) is -1.37. The van der Waals surface area contributed by atoms with Gasteiger partial charge in [-0.2, -0.15) is 4.80 Å². The maximum atomic E-state index is 13.1. The van der Waals surface area contributed by atoms with E-state index in [9.17, 15) is 23.5 Å². The van der Waals surface area contributed by atoms with Crippen molar-refractivity contribution >= 4 is 11.8 Å². The fraction of sp³-hybridized carbons (Fsp3) is 0.318. The summed E-state index contributed by atoms with van der Waals surface area (Å²) in [5, 5.41) is 23.8. The Balaban J connectivity index is 1.64. The molecule has 0 aliphatic heterocycles. The first kappa shape index (κ1) is 23.9. The highest BCUT2D eigenvalue weighted by molar-refractivity contribution is 5.87. The summed E-state index contributed by atoms with van der Waals surface area (Å²) in [5.41, 5.74) is 1.26. The number of rotatable bonds is 10. The molecule has 174 valence electrons. The Morgan fingerprint density at radius 1 is 1.09 bits per heavy atom. The number of halogens is 2. The summed E-state index contributed by atoms with van der Waals surface area (Å²) in [6, 6.07) is 10.4. The molecule has 0 radical (unpaired) electrons. The molecule has 1 aromatic heterocycles. The van der Waals surface area contributed by atoms with E-state index >= 15 is 0 Å². The predicted molar refractivity (Wildman–Crippen MR) is 114 cm³/mol. The van der Waals surface area contributed by atoms with E-state index in [4.69, 9.17) is 0 Å². The van der Waals surface area contributed by atoms with Crippen LogP contribution in [-0.4, -0.2) is 61.2 Å². The maximum absolute atomic E-state index is 13.1. The molecule has 0 saturated heterocycles. The van der Waals surface area contributed by atoms with Crippen molar-refractivity contribution in [1.82, 2.24) is 30.4 Å². The standard InChI is InChI=1S/C22H24F2N6O3/c1-15(22(33)25-13-16-3-7-18(23)8-4-16)29(11-2-12-31)20(32)14-30-27-21(26-28-30)17-5-9-19(24)10-6-17/h3-10,15,31H,2,11-14H2,1H3,(H,25,33). The van der Waals surface area contributed by atoms with Gasteiger partial charge in [0.25, 0.3) is 0 Å². The molecule has 0 aliphatic rings. The quantitative estimate of drug-likeness (QED) is 0.477. The Kier molecular flexibility index (Phi) is 8.14. The van der Waals surface area contributed by atoms with E-state index in [1.807, 2.05) is 0 Å². The summed E-state index contributed by atoms with van der Waals surface area (Å²) < 4.78 is 26.1. The summed E-state index contributed by atoms with van der Waals surface area (Å²) in [6.45, 7) is 1.49. The number of benzene rings is 2. The van der Waals surface area contributed by atoms with Crippen molar-refractivity contribution in [2.45, 2.75) is 32.5 Å². The average Bonchev–Trinajstić information content (AvgIpc) is 3.27. The van der Waals surface area contributed by atoms with Crippen LogP contribution in [0.2, 0.25) is 0 Å². The number of carbonyl (C=O) groups is 2. The molecule has 2 amide bonds. The number of tetrazole rings is 1. The zero-order valence-corrected chi connectivity index (χ0v) is 18.0. The van der Waals surface area contributed by atoms with Gasteiger partial charge in [0.05, 0.1) is 0 Å². The van der Waals surface area contributed by atoms with Gasteiger partial charge in [-0.3, -0.25) is 9.59 Å². The third-order valence-electron chi connectivity index (χ3n) is 4.94. The van der Waals surface area contributed by atoms with Crippen LogP contribution in [-0.2, 0) is 22.7 Å². The first-order chi connectivity index (χ1) is 15.9. The van der Waals surface area contributed by atoms with E-state index in [1.54, 1.807) is 19.1 Å². The van der Waals surface area contributed by atoms with E-state index < -0.39 is 23.7 Å². The highest BCUT2D eigenvalue weighted by atomic mass is 19.1. The van der Waals surface area contributed by atoms with Crippen LogP contribution in [0.1, 0.15) is 18.9 Å². The van der Waals surface area contributed by atoms with Crippen LogP contribution in [0.5, 0.6) is 0 Å². The molecule has 33 heavy (non-hydrogen) atoms. The van der Waals surface area contributed by atoms with E-state index in [1.165, 1.54) is 41.3 Å². The van der Waals surface area contributed by atoms with Gasteiger partial charge < -0.3 is 15.3 Å². The van der Waals surface area contributed by atoms with Crippen molar-refractivity contribution in [3.63, 3.8) is 0 Å². The molecule has 1 unspecified atom stereocenters. The second-order valence-corrected chi connectivity index (χ2v) is 7.33. The molecule has 0 spiro atoms. The highest BCUT2D eigenvalue weighted by Gasteiger charge is 2.26. The third kappa shape index (κ3) is 6.62. The Labute approximate surface area is 189 Å². The van der Waals surface area contributed by atoms with Crippen molar-refractivity contribution in [2.24, 2.45) is 0 Å². The minimum absolute atomic E-state index is 0.149. The smallest absolute Gasteiger partial charge is 0.246 e. The normalized spacial score (nSPS) is 11.8. The Morgan fingerprint density at radius 3 is 2.36 bits per heavy atom. The molecule has 9 nitrogen and oxygen atoms in total. The van der Waals surface area contributed by atoms with E-state index in [0.29, 0.717) is 11.1 Å². The number of hydrogen-bond acceptors (Lipinski definition) is 6. The van der Waals surface area contributed by atoms with Crippen molar-refractivity contribution < 1.29 is 23.5 Å². The van der Waals surface area contributed by atoms with Gasteiger partial charge in [0.15, 0.2) is 0 Å². The van der Waals surface area contributed by atoms with Crippen molar-refractivity contribution in [3.05, 3.63) is 65.7 Å². The van der Waals surface area contributed by atoms with Crippen LogP contribution in [0.15, 0.2) is 48.5 Å². The lowest BCUT2D eigenvalue weighted by atomic mass is 10.2. The van der Waals surface area contributed by atoms with Crippen LogP contribution >= 0.6 is 0 Å². The molecule has 1 atom stereocenters. The summed E-state index contributed by atoms with van der Waals surface area (Å²) in [4.78, 5) is 28.0. The number of aliphatic hydroxyl groups is 1. The molecular formula is C22H24F2N6O3. The second kappa shape index (κ2) is 11.2. The summed E-state index contributed by atoms with van der Waals surface area (Å²) in [7, 11) is 0. The first-order valence-electron chi connectivity index (χ1n) is 10.3. The van der Waals surface area contributed by atoms with Gasteiger partial charge in [0.1, 0.15) is 24.2 Å². The average molecular weight is 458 g/mol. The van der Waals surface area contributed by atoms with Crippen LogP contribution in [0.3, 0.4) is 0 Å². The minimum atomic E-state index is -0.829. The lowest BCUT2D eigenvalue weighted by molar-refractivity contribution is -0.141. The van der Waals surface area contributed by atoms with E-state index in [0.717, 1.165) is 4.80 Å². The molecule has 2 N–H and O–H groups in total. The molecule has 3 rings (SSSR count). The van der Waals surface area contributed by atoms with Crippen molar-refractivity contribution in [1.29, 1.82) is 0 Å². The molecule has 0 aliphatic carbocycles. The number of amides is 2. The first-order valence-corrected chi connectivity index (χ1v) is 10.3. The number of nitrogens with zero attached hydrogens (tertiary/aromatic N) is 5. The zero-order chi connectivity index (χ0) is 23.8. The number of nitrogens with one attached hydrogen (secondary N) is 1. The minimum Gasteiger partial charge on any atom is -0.396 e. The molecule has 1 heterocycles. The van der Waals surface area contributed by atoms with Gasteiger partial charge in [0, 0.05) is 25.3 Å². The van der Waals surface area contributed by atoms with Crippen LogP contribution in [0, 0.1) is 11.6 Å². The third-order valence-corrected chi connectivity index (χ3v) is 4.94. The lowest BCUT2D eigenvalue weighted by Gasteiger charge is -2.28. The summed E-state index contributed by atoms with van der Waals surface area (Å²) in [6.07, 6.45) is 0.285. The largest absolute Gasteiger partial charge is 0.396 e. The Morgan fingerprint density at radius 2 is 1.73 bits per heavy atom. The topological polar surface area (TPSA) is 113 Å². The number of hydrogen-bond donors (Lipinski definition) is 2. The maximum Gasteiger partial charge on any atom is 0.246 e. The van der Waals surface area contributed by atoms with Gasteiger partial charge in [-0.15, -0.1) is 10.2 Å². The molecule has 0 fully saturated rings. The molecule has 11 heteroatoms. The number of aliphatic hydroxyl groups excluding tert-OH is 1. The van der Waals surface area contributed by atoms with E-state index in [-0.39, 0.29) is 44.3 Å². The SMILES string of the molecule is CC(C(=O)NCc1ccc(F)cc1)N(CCCO)C(=O)Cn1nnc(-c2ccc(F)cc2)n1. The lowest BCUT2D eigenvalue weighted by Crippen LogP contribution is -2.49. The van der Waals surface area contributed by atoms with Crippen LogP contribution < -0.4 is 5.32 Å². The predicted octanol–water partition coefficient (Wildman–Crippen LogP) is 1.53. The Bertz CT molecular complexity index is 1070. The fourth-order valence-corrected chi connectivity index (χ4v) is 3.09. The summed E-state index contributed by atoms with van der Waals surface area (Å²) >= 11 is 0. The van der Waals surface area contributed by atoms with Gasteiger partial charge in [-0.05, 0) is 60.5 Å².